The molecule has 1 aromatic heterocycles. The minimum Gasteiger partial charge on any atom is -0.355 e. The highest BCUT2D eigenvalue weighted by Crippen LogP contribution is 2.19. The average Bonchev–Trinajstić information content (AvgIpc) is 2.89. The van der Waals surface area contributed by atoms with Crippen LogP contribution in [0.4, 0.5) is 0 Å². The lowest BCUT2D eigenvalue weighted by atomic mass is 10.0. The summed E-state index contributed by atoms with van der Waals surface area (Å²) in [5.41, 5.74) is 1.78. The van der Waals surface area contributed by atoms with Crippen molar-refractivity contribution in [3.05, 3.63) is 63.8 Å². The maximum atomic E-state index is 12.7. The molecule has 0 radical (unpaired) electrons. The van der Waals surface area contributed by atoms with E-state index in [-0.39, 0.29) is 17.4 Å². The molecular weight excluding hydrogens is 326 g/mol. The predicted octanol–water partition coefficient (Wildman–Crippen LogP) is 2.82. The van der Waals surface area contributed by atoms with Gasteiger partial charge in [-0.3, -0.25) is 14.2 Å². The molecule has 0 saturated carbocycles. The molecule has 138 valence electrons. The molecule has 0 bridgehead atoms. The first-order valence-electron chi connectivity index (χ1n) is 9.61. The summed E-state index contributed by atoms with van der Waals surface area (Å²) in [6.07, 6.45) is 5.43. The van der Waals surface area contributed by atoms with Gasteiger partial charge in [-0.15, -0.1) is 0 Å². The maximum Gasteiger partial charge on any atom is 0.253 e. The lowest BCUT2D eigenvalue weighted by molar-refractivity contribution is -0.122. The fraction of sp³-hybridized carbons (Fsp3) is 0.476. The number of carbonyl (C=O) groups excluding carboxylic acids is 1. The molecular formula is C21H27N3O2. The van der Waals surface area contributed by atoms with Crippen LogP contribution in [0, 0.1) is 0 Å². The number of hydrogen-bond acceptors (Lipinski definition) is 3. The second kappa shape index (κ2) is 8.79. The Balaban J connectivity index is 1.69. The largest absolute Gasteiger partial charge is 0.355 e. The van der Waals surface area contributed by atoms with Crippen LogP contribution in [0.2, 0.25) is 0 Å². The van der Waals surface area contributed by atoms with Gasteiger partial charge in [0.2, 0.25) is 5.91 Å². The third-order valence-corrected chi connectivity index (χ3v) is 5.03. The van der Waals surface area contributed by atoms with Crippen molar-refractivity contribution in [2.24, 2.45) is 0 Å². The van der Waals surface area contributed by atoms with Crippen LogP contribution in [0.15, 0.2) is 41.2 Å². The Labute approximate surface area is 154 Å². The van der Waals surface area contributed by atoms with Crippen LogP contribution in [-0.2, 0) is 24.2 Å². The van der Waals surface area contributed by atoms with Crippen molar-refractivity contribution >= 4 is 5.91 Å². The van der Waals surface area contributed by atoms with Gasteiger partial charge in [-0.05, 0) is 31.2 Å². The summed E-state index contributed by atoms with van der Waals surface area (Å²) < 4.78 is 1.77. The Kier molecular flexibility index (Phi) is 6.21. The summed E-state index contributed by atoms with van der Waals surface area (Å²) >= 11 is 0. The van der Waals surface area contributed by atoms with Crippen LogP contribution in [0.25, 0.3) is 0 Å². The fourth-order valence-electron chi connectivity index (χ4n) is 3.54. The van der Waals surface area contributed by atoms with E-state index in [1.54, 1.807) is 10.6 Å². The number of nitrogens with zero attached hydrogens (tertiary/aromatic N) is 2. The summed E-state index contributed by atoms with van der Waals surface area (Å²) in [6, 6.07) is 11.6. The van der Waals surface area contributed by atoms with Gasteiger partial charge in [0.05, 0.1) is 11.6 Å². The Hall–Kier alpha value is -2.43. The number of hydrogen-bond donors (Lipinski definition) is 1. The number of nitrogens with one attached hydrogen (secondary N) is 1. The molecule has 2 heterocycles. The number of aromatic nitrogens is 2. The van der Waals surface area contributed by atoms with E-state index in [1.807, 2.05) is 25.1 Å². The lowest BCUT2D eigenvalue weighted by Gasteiger charge is -2.17. The van der Waals surface area contributed by atoms with Crippen LogP contribution >= 0.6 is 0 Å². The molecule has 0 unspecified atom stereocenters. The quantitative estimate of drug-likeness (QED) is 0.868. The average molecular weight is 353 g/mol. The van der Waals surface area contributed by atoms with Crippen LogP contribution in [0.1, 0.15) is 55.6 Å². The van der Waals surface area contributed by atoms with E-state index < -0.39 is 0 Å². The number of rotatable bonds is 6. The zero-order chi connectivity index (χ0) is 18.4. The fourth-order valence-corrected chi connectivity index (χ4v) is 3.54. The van der Waals surface area contributed by atoms with Gasteiger partial charge in [0.25, 0.3) is 5.56 Å². The first kappa shape index (κ1) is 18.4. The van der Waals surface area contributed by atoms with Crippen LogP contribution < -0.4 is 10.9 Å². The molecule has 0 saturated heterocycles. The maximum absolute atomic E-state index is 12.7. The van der Waals surface area contributed by atoms with Crippen molar-refractivity contribution in [3.8, 4) is 0 Å². The molecule has 26 heavy (non-hydrogen) atoms. The summed E-state index contributed by atoms with van der Waals surface area (Å²) in [7, 11) is 0. The molecule has 0 aliphatic carbocycles. The molecule has 5 nitrogen and oxygen atoms in total. The van der Waals surface area contributed by atoms with Gasteiger partial charge >= 0.3 is 0 Å². The summed E-state index contributed by atoms with van der Waals surface area (Å²) in [4.78, 5) is 29.8. The molecule has 1 N–H and O–H groups in total. The molecule has 1 aliphatic rings. The van der Waals surface area contributed by atoms with E-state index >= 15 is 0 Å². The van der Waals surface area contributed by atoms with Crippen molar-refractivity contribution in [2.45, 2.75) is 57.9 Å². The summed E-state index contributed by atoms with van der Waals surface area (Å²) in [5.74, 6) is 0.419. The van der Waals surface area contributed by atoms with Crippen LogP contribution in [0.5, 0.6) is 0 Å². The van der Waals surface area contributed by atoms with Crippen molar-refractivity contribution in [2.75, 3.05) is 6.54 Å². The third kappa shape index (κ3) is 4.40. The predicted molar refractivity (Wildman–Crippen MR) is 102 cm³/mol. The van der Waals surface area contributed by atoms with Gasteiger partial charge < -0.3 is 5.32 Å². The van der Waals surface area contributed by atoms with E-state index in [9.17, 15) is 9.59 Å². The first-order chi connectivity index (χ1) is 12.7. The van der Waals surface area contributed by atoms with E-state index in [1.165, 1.54) is 5.56 Å². The Morgan fingerprint density at radius 1 is 1.23 bits per heavy atom. The number of aryl methyl sites for hydroxylation is 1. The summed E-state index contributed by atoms with van der Waals surface area (Å²) in [6.45, 7) is 3.29. The standard InChI is InChI=1S/C21H27N3O2/c1-2-17(21(26)22-13-12-16-9-5-3-6-10-16)18-15-20(25)24-14-8-4-7-11-19(24)23-18/h3,5-6,9-10,15,17H,2,4,7-8,11-14H2,1H3,(H,22,26)/t17-/m0/s1. The number of fused-ring (bicyclic) bond motifs is 1. The molecule has 3 rings (SSSR count). The zero-order valence-electron chi connectivity index (χ0n) is 15.4. The molecule has 1 aliphatic heterocycles. The van der Waals surface area contributed by atoms with Gasteiger partial charge in [0.1, 0.15) is 5.82 Å². The second-order valence-electron chi connectivity index (χ2n) is 6.89. The normalized spacial score (nSPS) is 15.0. The SMILES string of the molecule is CC[C@H](C(=O)NCCc1ccccc1)c1cc(=O)n2c(n1)CCCCC2. The highest BCUT2D eigenvalue weighted by molar-refractivity contribution is 5.83. The van der Waals surface area contributed by atoms with E-state index in [4.69, 9.17) is 4.98 Å². The van der Waals surface area contributed by atoms with Gasteiger partial charge in [-0.25, -0.2) is 4.98 Å². The monoisotopic (exact) mass is 353 g/mol. The molecule has 2 aromatic rings. The molecule has 1 amide bonds. The van der Waals surface area contributed by atoms with Gasteiger partial charge in [0, 0.05) is 25.6 Å². The zero-order valence-corrected chi connectivity index (χ0v) is 15.4. The molecule has 1 atom stereocenters. The van der Waals surface area contributed by atoms with Gasteiger partial charge in [0.15, 0.2) is 0 Å². The van der Waals surface area contributed by atoms with Gasteiger partial charge in [-0.2, -0.15) is 0 Å². The minimum atomic E-state index is -0.368. The lowest BCUT2D eigenvalue weighted by Crippen LogP contribution is -2.33. The molecule has 0 spiro atoms. The number of carbonyl (C=O) groups is 1. The topological polar surface area (TPSA) is 64.0 Å². The Morgan fingerprint density at radius 2 is 2.04 bits per heavy atom. The van der Waals surface area contributed by atoms with Crippen LogP contribution in [0.3, 0.4) is 0 Å². The summed E-state index contributed by atoms with van der Waals surface area (Å²) in [5, 5.41) is 3.00. The van der Waals surface area contributed by atoms with Crippen molar-refractivity contribution in [3.63, 3.8) is 0 Å². The smallest absolute Gasteiger partial charge is 0.253 e. The minimum absolute atomic E-state index is 0.0255. The van der Waals surface area contributed by atoms with Crippen molar-refractivity contribution < 1.29 is 4.79 Å². The molecule has 5 heteroatoms. The Bertz CT molecular complexity index is 799. The number of benzene rings is 1. The van der Waals surface area contributed by atoms with Crippen molar-refractivity contribution in [1.82, 2.24) is 14.9 Å². The van der Waals surface area contributed by atoms with E-state index in [0.717, 1.165) is 44.5 Å². The molecule has 1 aromatic carbocycles. The second-order valence-corrected chi connectivity index (χ2v) is 6.89. The molecule has 0 fully saturated rings. The van der Waals surface area contributed by atoms with E-state index in [0.29, 0.717) is 18.7 Å². The highest BCUT2D eigenvalue weighted by atomic mass is 16.2. The third-order valence-electron chi connectivity index (χ3n) is 5.03. The Morgan fingerprint density at radius 3 is 2.81 bits per heavy atom. The van der Waals surface area contributed by atoms with E-state index in [2.05, 4.69) is 17.4 Å². The van der Waals surface area contributed by atoms with Crippen molar-refractivity contribution in [1.29, 1.82) is 0 Å². The van der Waals surface area contributed by atoms with Gasteiger partial charge in [-0.1, -0.05) is 43.7 Å². The van der Waals surface area contributed by atoms with Crippen LogP contribution in [-0.4, -0.2) is 22.0 Å². The highest BCUT2D eigenvalue weighted by Gasteiger charge is 2.22. The number of amides is 1. The first-order valence-corrected chi connectivity index (χ1v) is 9.61.